The second-order valence-electron chi connectivity index (χ2n) is 4.24. The van der Waals surface area contributed by atoms with Crippen molar-refractivity contribution >= 4 is 0 Å². The summed E-state index contributed by atoms with van der Waals surface area (Å²) in [6.07, 6.45) is 0. The molecule has 0 radical (unpaired) electrons. The number of rotatable bonds is 3. The molecule has 1 unspecified atom stereocenters. The maximum absolute atomic E-state index is 5.91. The second-order valence-corrected chi connectivity index (χ2v) is 4.24. The topological polar surface area (TPSA) is 35.2 Å². The van der Waals surface area contributed by atoms with Gasteiger partial charge in [-0.05, 0) is 32.0 Å². The molecule has 0 aliphatic carbocycles. The van der Waals surface area contributed by atoms with Crippen LogP contribution in [0.15, 0.2) is 48.5 Å². The van der Waals surface area contributed by atoms with Crippen molar-refractivity contribution < 1.29 is 4.74 Å². The summed E-state index contributed by atoms with van der Waals surface area (Å²) in [5, 5.41) is 0. The van der Waals surface area contributed by atoms with Gasteiger partial charge in [0, 0.05) is 11.6 Å². The molecule has 0 fully saturated rings. The van der Waals surface area contributed by atoms with E-state index >= 15 is 0 Å². The fraction of sp³-hybridized carbons (Fsp3) is 0.200. The number of para-hydroxylation sites is 1. The third-order valence-electron chi connectivity index (χ3n) is 2.66. The Morgan fingerprint density at radius 2 is 1.65 bits per heavy atom. The first-order valence-electron chi connectivity index (χ1n) is 5.76. The highest BCUT2D eigenvalue weighted by molar-refractivity contribution is 5.39. The van der Waals surface area contributed by atoms with Gasteiger partial charge in [-0.1, -0.05) is 35.9 Å². The highest BCUT2D eigenvalue weighted by atomic mass is 16.5. The molecule has 2 heteroatoms. The van der Waals surface area contributed by atoms with Gasteiger partial charge in [-0.2, -0.15) is 0 Å². The van der Waals surface area contributed by atoms with Gasteiger partial charge in [-0.15, -0.1) is 0 Å². The summed E-state index contributed by atoms with van der Waals surface area (Å²) in [6.45, 7) is 4.01. The van der Waals surface area contributed by atoms with Crippen molar-refractivity contribution in [3.05, 3.63) is 59.7 Å². The molecule has 0 amide bonds. The Balaban J connectivity index is 2.26. The summed E-state index contributed by atoms with van der Waals surface area (Å²) in [7, 11) is 0. The lowest BCUT2D eigenvalue weighted by atomic mass is 10.1. The van der Waals surface area contributed by atoms with Gasteiger partial charge >= 0.3 is 0 Å². The first-order valence-corrected chi connectivity index (χ1v) is 5.76. The van der Waals surface area contributed by atoms with Crippen LogP contribution in [-0.2, 0) is 0 Å². The van der Waals surface area contributed by atoms with Gasteiger partial charge in [0.25, 0.3) is 0 Å². The third kappa shape index (κ3) is 2.86. The van der Waals surface area contributed by atoms with Gasteiger partial charge < -0.3 is 10.5 Å². The van der Waals surface area contributed by atoms with Crippen molar-refractivity contribution in [1.82, 2.24) is 0 Å². The van der Waals surface area contributed by atoms with E-state index in [4.69, 9.17) is 10.5 Å². The lowest BCUT2D eigenvalue weighted by molar-refractivity contribution is 0.472. The number of ether oxygens (including phenoxy) is 1. The minimum absolute atomic E-state index is 0.0309. The van der Waals surface area contributed by atoms with Gasteiger partial charge in [0.2, 0.25) is 0 Å². The molecule has 0 heterocycles. The Morgan fingerprint density at radius 3 is 2.29 bits per heavy atom. The molecule has 2 aromatic rings. The van der Waals surface area contributed by atoms with E-state index in [0.29, 0.717) is 0 Å². The molecule has 2 rings (SSSR count). The van der Waals surface area contributed by atoms with Gasteiger partial charge in [0.05, 0.1) is 0 Å². The van der Waals surface area contributed by atoms with Gasteiger partial charge in [0.1, 0.15) is 11.5 Å². The monoisotopic (exact) mass is 227 g/mol. The van der Waals surface area contributed by atoms with Gasteiger partial charge in [-0.25, -0.2) is 0 Å². The highest BCUT2D eigenvalue weighted by Gasteiger charge is 2.07. The van der Waals surface area contributed by atoms with Crippen molar-refractivity contribution in [3.8, 4) is 11.5 Å². The van der Waals surface area contributed by atoms with Crippen molar-refractivity contribution in [1.29, 1.82) is 0 Å². The minimum Gasteiger partial charge on any atom is -0.457 e. The molecule has 0 aliphatic rings. The van der Waals surface area contributed by atoms with Gasteiger partial charge in [0.15, 0.2) is 0 Å². The number of hydrogen-bond acceptors (Lipinski definition) is 2. The maximum Gasteiger partial charge on any atom is 0.132 e. The van der Waals surface area contributed by atoms with E-state index in [1.807, 2.05) is 55.5 Å². The summed E-state index contributed by atoms with van der Waals surface area (Å²) in [5.41, 5.74) is 8.15. The smallest absolute Gasteiger partial charge is 0.132 e. The van der Waals surface area contributed by atoms with Crippen LogP contribution < -0.4 is 10.5 Å². The molecule has 17 heavy (non-hydrogen) atoms. The SMILES string of the molecule is Cc1ccc(Oc2ccccc2C(C)N)cc1. The van der Waals surface area contributed by atoms with E-state index in [0.717, 1.165) is 17.1 Å². The van der Waals surface area contributed by atoms with Crippen molar-refractivity contribution in [2.24, 2.45) is 5.73 Å². The average molecular weight is 227 g/mol. The van der Waals surface area contributed by atoms with Crippen molar-refractivity contribution in [2.75, 3.05) is 0 Å². The van der Waals surface area contributed by atoms with E-state index in [-0.39, 0.29) is 6.04 Å². The first-order chi connectivity index (χ1) is 8.16. The average Bonchev–Trinajstić information content (AvgIpc) is 2.32. The van der Waals surface area contributed by atoms with Crippen LogP contribution in [0.2, 0.25) is 0 Å². The van der Waals surface area contributed by atoms with Crippen LogP contribution in [0.5, 0.6) is 11.5 Å². The zero-order valence-electron chi connectivity index (χ0n) is 10.2. The molecule has 2 aromatic carbocycles. The second kappa shape index (κ2) is 5.02. The number of hydrogen-bond donors (Lipinski definition) is 1. The third-order valence-corrected chi connectivity index (χ3v) is 2.66. The molecule has 88 valence electrons. The Labute approximate surface area is 102 Å². The molecule has 2 nitrogen and oxygen atoms in total. The van der Waals surface area contributed by atoms with Crippen LogP contribution in [0, 0.1) is 6.92 Å². The Hall–Kier alpha value is -1.80. The standard InChI is InChI=1S/C15H17NO/c1-11-7-9-13(10-8-11)17-15-6-4-3-5-14(15)12(2)16/h3-10,12H,16H2,1-2H3. The van der Waals surface area contributed by atoms with Crippen molar-refractivity contribution in [3.63, 3.8) is 0 Å². The summed E-state index contributed by atoms with van der Waals surface area (Å²) in [4.78, 5) is 0. The molecule has 2 N–H and O–H groups in total. The zero-order valence-corrected chi connectivity index (χ0v) is 10.2. The zero-order chi connectivity index (χ0) is 12.3. The lowest BCUT2D eigenvalue weighted by Crippen LogP contribution is -2.06. The van der Waals surface area contributed by atoms with E-state index in [9.17, 15) is 0 Å². The number of nitrogens with two attached hydrogens (primary N) is 1. The summed E-state index contributed by atoms with van der Waals surface area (Å²) >= 11 is 0. The largest absolute Gasteiger partial charge is 0.457 e. The highest BCUT2D eigenvalue weighted by Crippen LogP contribution is 2.28. The van der Waals surface area contributed by atoms with Crippen LogP contribution >= 0.6 is 0 Å². The molecule has 0 aromatic heterocycles. The molecular weight excluding hydrogens is 210 g/mol. The summed E-state index contributed by atoms with van der Waals surface area (Å²) < 4.78 is 5.85. The van der Waals surface area contributed by atoms with E-state index in [1.165, 1.54) is 5.56 Å². The van der Waals surface area contributed by atoms with Crippen LogP contribution in [0.4, 0.5) is 0 Å². The minimum atomic E-state index is -0.0309. The Morgan fingerprint density at radius 1 is 1.00 bits per heavy atom. The van der Waals surface area contributed by atoms with Crippen molar-refractivity contribution in [2.45, 2.75) is 19.9 Å². The molecule has 0 saturated heterocycles. The first kappa shape index (κ1) is 11.7. The number of benzene rings is 2. The number of aryl methyl sites for hydroxylation is 1. The molecule has 0 aliphatic heterocycles. The van der Waals surface area contributed by atoms with Gasteiger partial charge in [-0.3, -0.25) is 0 Å². The normalized spacial score (nSPS) is 12.2. The van der Waals surface area contributed by atoms with Crippen LogP contribution in [0.25, 0.3) is 0 Å². The van der Waals surface area contributed by atoms with E-state index < -0.39 is 0 Å². The molecule has 0 bridgehead atoms. The quantitative estimate of drug-likeness (QED) is 0.865. The predicted molar refractivity (Wildman–Crippen MR) is 70.3 cm³/mol. The molecule has 1 atom stereocenters. The summed E-state index contributed by atoms with van der Waals surface area (Å²) in [5.74, 6) is 1.66. The van der Waals surface area contributed by atoms with E-state index in [2.05, 4.69) is 6.92 Å². The Kier molecular flexibility index (Phi) is 3.45. The fourth-order valence-electron chi connectivity index (χ4n) is 1.68. The fourth-order valence-corrected chi connectivity index (χ4v) is 1.68. The van der Waals surface area contributed by atoms with E-state index in [1.54, 1.807) is 0 Å². The van der Waals surface area contributed by atoms with Crippen LogP contribution in [-0.4, -0.2) is 0 Å². The molecular formula is C15H17NO. The van der Waals surface area contributed by atoms with Crippen LogP contribution in [0.3, 0.4) is 0 Å². The predicted octanol–water partition coefficient (Wildman–Crippen LogP) is 3.81. The maximum atomic E-state index is 5.91. The summed E-state index contributed by atoms with van der Waals surface area (Å²) in [6, 6.07) is 15.8. The Bertz CT molecular complexity index is 489. The lowest BCUT2D eigenvalue weighted by Gasteiger charge is -2.13. The molecule has 0 spiro atoms. The van der Waals surface area contributed by atoms with Crippen LogP contribution in [0.1, 0.15) is 24.1 Å². The molecule has 0 saturated carbocycles.